The minimum absolute atomic E-state index is 0.196. The fraction of sp³-hybridized carbons (Fsp3) is 0.353. The van der Waals surface area contributed by atoms with Gasteiger partial charge in [-0.2, -0.15) is 0 Å². The van der Waals surface area contributed by atoms with Gasteiger partial charge in [0.1, 0.15) is 0 Å². The van der Waals surface area contributed by atoms with Gasteiger partial charge in [0, 0.05) is 23.1 Å². The molecule has 1 aromatic carbocycles. The van der Waals surface area contributed by atoms with E-state index in [4.69, 9.17) is 0 Å². The Morgan fingerprint density at radius 1 is 1.04 bits per heavy atom. The third-order valence-electron chi connectivity index (χ3n) is 3.31. The molecule has 0 aliphatic heterocycles. The van der Waals surface area contributed by atoms with Crippen LogP contribution in [0.2, 0.25) is 0 Å². The summed E-state index contributed by atoms with van der Waals surface area (Å²) in [5.74, 6) is 1.10. The molecular formula is C17H21BrN4O. The molecule has 6 heteroatoms. The van der Waals surface area contributed by atoms with Crippen molar-refractivity contribution in [2.45, 2.75) is 26.7 Å². The summed E-state index contributed by atoms with van der Waals surface area (Å²) in [5, 5.41) is 11.1. The Morgan fingerprint density at radius 3 is 2.22 bits per heavy atom. The van der Waals surface area contributed by atoms with Gasteiger partial charge in [0.15, 0.2) is 11.6 Å². The first kappa shape index (κ1) is 17.4. The van der Waals surface area contributed by atoms with Crippen LogP contribution >= 0.6 is 15.9 Å². The molecule has 0 aliphatic rings. The summed E-state index contributed by atoms with van der Waals surface area (Å²) in [6.45, 7) is 6.19. The maximum Gasteiger partial charge on any atom is 0.256 e. The number of aromatic nitrogens is 2. The van der Waals surface area contributed by atoms with Crippen LogP contribution in [0, 0.1) is 0 Å². The zero-order valence-corrected chi connectivity index (χ0v) is 15.0. The molecule has 0 unspecified atom stereocenters. The molecule has 0 spiro atoms. The van der Waals surface area contributed by atoms with Crippen LogP contribution in [0.5, 0.6) is 0 Å². The molecule has 2 rings (SSSR count). The Balaban J connectivity index is 2.04. The summed E-state index contributed by atoms with van der Waals surface area (Å²) in [5.41, 5.74) is 0.581. The van der Waals surface area contributed by atoms with Crippen molar-refractivity contribution in [2.75, 3.05) is 23.3 Å². The Hall–Kier alpha value is -1.95. The van der Waals surface area contributed by atoms with Crippen molar-refractivity contribution >= 4 is 33.5 Å². The summed E-state index contributed by atoms with van der Waals surface area (Å²) in [6.07, 6.45) is 2.12. The number of rotatable bonds is 7. The van der Waals surface area contributed by atoms with Gasteiger partial charge in [-0.15, -0.1) is 10.2 Å². The summed E-state index contributed by atoms with van der Waals surface area (Å²) >= 11 is 3.35. The van der Waals surface area contributed by atoms with E-state index >= 15 is 0 Å². The minimum atomic E-state index is -0.196. The molecule has 0 saturated carbocycles. The van der Waals surface area contributed by atoms with E-state index in [1.807, 2.05) is 18.2 Å². The summed E-state index contributed by atoms with van der Waals surface area (Å²) in [6, 6.07) is 10.9. The van der Waals surface area contributed by atoms with E-state index in [0.29, 0.717) is 11.4 Å². The van der Waals surface area contributed by atoms with Crippen molar-refractivity contribution in [3.8, 4) is 0 Å². The molecule has 1 amide bonds. The number of hydrogen-bond donors (Lipinski definition) is 1. The predicted octanol–water partition coefficient (Wildman–Crippen LogP) is 4.12. The number of benzene rings is 1. The predicted molar refractivity (Wildman–Crippen MR) is 96.9 cm³/mol. The van der Waals surface area contributed by atoms with E-state index in [1.165, 1.54) is 0 Å². The van der Waals surface area contributed by atoms with E-state index in [9.17, 15) is 4.79 Å². The lowest BCUT2D eigenvalue weighted by Gasteiger charge is -2.21. The fourth-order valence-corrected chi connectivity index (χ4v) is 2.50. The number of amides is 1. The average molecular weight is 377 g/mol. The van der Waals surface area contributed by atoms with Crippen molar-refractivity contribution in [3.63, 3.8) is 0 Å². The molecule has 0 atom stereocenters. The van der Waals surface area contributed by atoms with Gasteiger partial charge in [-0.3, -0.25) is 4.79 Å². The zero-order chi connectivity index (χ0) is 16.7. The van der Waals surface area contributed by atoms with Crippen LogP contribution in [0.3, 0.4) is 0 Å². The second-order valence-electron chi connectivity index (χ2n) is 5.22. The SMILES string of the molecule is CCCN(CCC)c1ccc(NC(=O)c2ccc(Br)cc2)nn1. The molecule has 122 valence electrons. The van der Waals surface area contributed by atoms with Crippen molar-refractivity contribution in [3.05, 3.63) is 46.4 Å². The molecule has 0 aliphatic carbocycles. The minimum Gasteiger partial charge on any atom is -0.355 e. The molecule has 0 fully saturated rings. The fourth-order valence-electron chi connectivity index (χ4n) is 2.23. The number of halogens is 1. The van der Waals surface area contributed by atoms with Crippen molar-refractivity contribution in [2.24, 2.45) is 0 Å². The number of nitrogens with zero attached hydrogens (tertiary/aromatic N) is 3. The van der Waals surface area contributed by atoms with Gasteiger partial charge in [-0.05, 0) is 49.2 Å². The van der Waals surface area contributed by atoms with Gasteiger partial charge in [-0.1, -0.05) is 29.8 Å². The highest BCUT2D eigenvalue weighted by Crippen LogP contribution is 2.15. The lowest BCUT2D eigenvalue weighted by Crippen LogP contribution is -2.26. The van der Waals surface area contributed by atoms with Gasteiger partial charge in [0.2, 0.25) is 0 Å². The lowest BCUT2D eigenvalue weighted by atomic mass is 10.2. The highest BCUT2D eigenvalue weighted by Gasteiger charge is 2.09. The zero-order valence-electron chi connectivity index (χ0n) is 13.4. The molecule has 23 heavy (non-hydrogen) atoms. The first-order valence-corrected chi connectivity index (χ1v) is 8.59. The van der Waals surface area contributed by atoms with Gasteiger partial charge in [0.05, 0.1) is 0 Å². The third-order valence-corrected chi connectivity index (χ3v) is 3.84. The Morgan fingerprint density at radius 2 is 1.70 bits per heavy atom. The number of carbonyl (C=O) groups excluding carboxylic acids is 1. The van der Waals surface area contributed by atoms with Gasteiger partial charge in [-0.25, -0.2) is 0 Å². The molecule has 5 nitrogen and oxygen atoms in total. The smallest absolute Gasteiger partial charge is 0.256 e. The normalized spacial score (nSPS) is 10.4. The van der Waals surface area contributed by atoms with Gasteiger partial charge >= 0.3 is 0 Å². The van der Waals surface area contributed by atoms with Crippen molar-refractivity contribution < 1.29 is 4.79 Å². The second-order valence-corrected chi connectivity index (χ2v) is 6.14. The van der Waals surface area contributed by atoms with Crippen LogP contribution in [0.4, 0.5) is 11.6 Å². The van der Waals surface area contributed by atoms with Crippen molar-refractivity contribution in [1.29, 1.82) is 0 Å². The average Bonchev–Trinajstić information content (AvgIpc) is 2.56. The second kappa shape index (κ2) is 8.62. The quantitative estimate of drug-likeness (QED) is 0.789. The molecule has 2 aromatic rings. The highest BCUT2D eigenvalue weighted by molar-refractivity contribution is 9.10. The topological polar surface area (TPSA) is 58.1 Å². The first-order chi connectivity index (χ1) is 11.1. The van der Waals surface area contributed by atoms with E-state index in [1.54, 1.807) is 18.2 Å². The molecule has 1 heterocycles. The van der Waals surface area contributed by atoms with Gasteiger partial charge < -0.3 is 10.2 Å². The first-order valence-electron chi connectivity index (χ1n) is 7.79. The van der Waals surface area contributed by atoms with E-state index in [-0.39, 0.29) is 5.91 Å². The van der Waals surface area contributed by atoms with Crippen LogP contribution in [0.1, 0.15) is 37.0 Å². The Kier molecular flexibility index (Phi) is 6.52. The molecule has 0 saturated heterocycles. The molecule has 0 radical (unpaired) electrons. The largest absolute Gasteiger partial charge is 0.355 e. The number of hydrogen-bond acceptors (Lipinski definition) is 4. The molecule has 1 aromatic heterocycles. The summed E-state index contributed by atoms with van der Waals surface area (Å²) < 4.78 is 0.935. The lowest BCUT2D eigenvalue weighted by molar-refractivity contribution is 0.102. The summed E-state index contributed by atoms with van der Waals surface area (Å²) in [7, 11) is 0. The van der Waals surface area contributed by atoms with Crippen molar-refractivity contribution in [1.82, 2.24) is 10.2 Å². The van der Waals surface area contributed by atoms with E-state index < -0.39 is 0 Å². The highest BCUT2D eigenvalue weighted by atomic mass is 79.9. The van der Waals surface area contributed by atoms with E-state index in [2.05, 4.69) is 50.2 Å². The maximum atomic E-state index is 12.1. The monoisotopic (exact) mass is 376 g/mol. The molecular weight excluding hydrogens is 356 g/mol. The third kappa shape index (κ3) is 5.03. The number of nitrogens with one attached hydrogen (secondary N) is 1. The Bertz CT molecular complexity index is 622. The van der Waals surface area contributed by atoms with Crippen LogP contribution < -0.4 is 10.2 Å². The van der Waals surface area contributed by atoms with Crippen LogP contribution in [0.25, 0.3) is 0 Å². The van der Waals surface area contributed by atoms with Crippen LogP contribution in [-0.4, -0.2) is 29.2 Å². The van der Waals surface area contributed by atoms with Crippen LogP contribution in [0.15, 0.2) is 40.9 Å². The maximum absolute atomic E-state index is 12.1. The molecule has 1 N–H and O–H groups in total. The van der Waals surface area contributed by atoms with Gasteiger partial charge in [0.25, 0.3) is 5.91 Å². The number of anilines is 2. The Labute approximate surface area is 145 Å². The van der Waals surface area contributed by atoms with E-state index in [0.717, 1.165) is 36.2 Å². The number of carbonyl (C=O) groups is 1. The molecule has 0 bridgehead atoms. The van der Waals surface area contributed by atoms with Crippen LogP contribution in [-0.2, 0) is 0 Å². The summed E-state index contributed by atoms with van der Waals surface area (Å²) in [4.78, 5) is 14.3. The standard InChI is InChI=1S/C17H21BrN4O/c1-3-11-22(12-4-2)16-10-9-15(20-21-16)19-17(23)13-5-7-14(18)8-6-13/h5-10H,3-4,11-12H2,1-2H3,(H,19,20,23).